The number of para-hydroxylation sites is 4. The van der Waals surface area contributed by atoms with E-state index in [2.05, 4.69) is 119 Å². The largest absolute Gasteiger partial charge is 0.456 e. The molecule has 4 aromatic heterocycles. The summed E-state index contributed by atoms with van der Waals surface area (Å²) >= 11 is 0. The molecule has 4 heterocycles. The van der Waals surface area contributed by atoms with Crippen LogP contribution in [-0.4, -0.2) is 9.55 Å². The lowest BCUT2D eigenvalue weighted by Crippen LogP contribution is -2.10. The maximum atomic E-state index is 6.84. The van der Waals surface area contributed by atoms with Gasteiger partial charge < -0.3 is 22.7 Å². The highest BCUT2D eigenvalue weighted by Gasteiger charge is 2.26. The molecular formula is C49H29N3O3. The van der Waals surface area contributed by atoms with Crippen LogP contribution in [0.1, 0.15) is 0 Å². The highest BCUT2D eigenvalue weighted by atomic mass is 16.4. The fourth-order valence-electron chi connectivity index (χ4n) is 8.36. The molecule has 0 radical (unpaired) electrons. The number of rotatable bonds is 5. The van der Waals surface area contributed by atoms with Gasteiger partial charge in [0.25, 0.3) is 0 Å². The Labute approximate surface area is 313 Å². The SMILES string of the molecule is c1ccc(-c2nc3cc(N(c4ccc5c(c4)oc4ccccc45)c4ccc5c6ccccc6n(-c6ccccc6)c5c4)c4oc5ccccc5c4c3o2)cc1. The molecule has 0 amide bonds. The van der Waals surface area contributed by atoms with Crippen molar-refractivity contribution in [2.45, 2.75) is 0 Å². The molecule has 12 rings (SSSR count). The van der Waals surface area contributed by atoms with Crippen molar-refractivity contribution in [2.24, 2.45) is 0 Å². The van der Waals surface area contributed by atoms with Crippen molar-refractivity contribution in [3.05, 3.63) is 176 Å². The smallest absolute Gasteiger partial charge is 0.227 e. The summed E-state index contributed by atoms with van der Waals surface area (Å²) in [5, 5.41) is 6.36. The van der Waals surface area contributed by atoms with Crippen LogP contribution in [0.2, 0.25) is 0 Å². The molecule has 55 heavy (non-hydrogen) atoms. The maximum absolute atomic E-state index is 6.84. The number of aromatic nitrogens is 2. The van der Waals surface area contributed by atoms with E-state index in [1.54, 1.807) is 0 Å². The zero-order chi connectivity index (χ0) is 36.0. The number of benzene rings is 8. The fourth-order valence-corrected chi connectivity index (χ4v) is 8.36. The van der Waals surface area contributed by atoms with Crippen molar-refractivity contribution < 1.29 is 13.3 Å². The molecule has 0 aliphatic rings. The van der Waals surface area contributed by atoms with Crippen LogP contribution >= 0.6 is 0 Å². The molecule has 0 aliphatic carbocycles. The number of fused-ring (bicyclic) bond motifs is 11. The van der Waals surface area contributed by atoms with Crippen molar-refractivity contribution in [3.8, 4) is 17.1 Å². The number of nitrogens with zero attached hydrogens (tertiary/aromatic N) is 3. The fraction of sp³-hybridized carbons (Fsp3) is 0. The molecule has 0 unspecified atom stereocenters. The van der Waals surface area contributed by atoms with Gasteiger partial charge in [-0.15, -0.1) is 0 Å². The Morgan fingerprint density at radius 1 is 0.436 bits per heavy atom. The Kier molecular flexibility index (Phi) is 6.24. The summed E-state index contributed by atoms with van der Waals surface area (Å²) in [5.74, 6) is 0.559. The minimum absolute atomic E-state index is 0.559. The lowest BCUT2D eigenvalue weighted by molar-refractivity contribution is 0.622. The molecule has 0 fully saturated rings. The molecule has 0 saturated carbocycles. The average molecular weight is 708 g/mol. The minimum atomic E-state index is 0.559. The van der Waals surface area contributed by atoms with Gasteiger partial charge >= 0.3 is 0 Å². The van der Waals surface area contributed by atoms with Crippen LogP contribution < -0.4 is 4.90 Å². The van der Waals surface area contributed by atoms with E-state index in [0.717, 1.165) is 83.2 Å². The maximum Gasteiger partial charge on any atom is 0.227 e. The van der Waals surface area contributed by atoms with Crippen molar-refractivity contribution in [2.75, 3.05) is 4.90 Å². The predicted molar refractivity (Wildman–Crippen MR) is 223 cm³/mol. The lowest BCUT2D eigenvalue weighted by atomic mass is 10.1. The van der Waals surface area contributed by atoms with E-state index < -0.39 is 0 Å². The first-order valence-electron chi connectivity index (χ1n) is 18.4. The third kappa shape index (κ3) is 4.46. The van der Waals surface area contributed by atoms with Crippen LogP contribution in [0.3, 0.4) is 0 Å². The van der Waals surface area contributed by atoms with Crippen molar-refractivity contribution in [3.63, 3.8) is 0 Å². The Morgan fingerprint density at radius 2 is 1.05 bits per heavy atom. The van der Waals surface area contributed by atoms with Gasteiger partial charge in [-0.25, -0.2) is 4.98 Å². The third-order valence-corrected chi connectivity index (χ3v) is 10.8. The van der Waals surface area contributed by atoms with E-state index in [1.807, 2.05) is 66.7 Å². The van der Waals surface area contributed by atoms with Crippen LogP contribution in [0.15, 0.2) is 189 Å². The Bertz CT molecular complexity index is 3440. The van der Waals surface area contributed by atoms with Gasteiger partial charge in [0.05, 0.1) is 27.8 Å². The van der Waals surface area contributed by atoms with E-state index in [0.29, 0.717) is 17.1 Å². The van der Waals surface area contributed by atoms with E-state index in [-0.39, 0.29) is 0 Å². The molecule has 0 N–H and O–H groups in total. The summed E-state index contributed by atoms with van der Waals surface area (Å²) in [6, 6.07) is 60.7. The van der Waals surface area contributed by atoms with Crippen LogP contribution in [0.25, 0.3) is 93.9 Å². The zero-order valence-corrected chi connectivity index (χ0v) is 29.3. The summed E-state index contributed by atoms with van der Waals surface area (Å²) < 4.78 is 22.3. The summed E-state index contributed by atoms with van der Waals surface area (Å²) in [6.45, 7) is 0. The third-order valence-electron chi connectivity index (χ3n) is 10.8. The first kappa shape index (κ1) is 29.9. The number of hydrogen-bond acceptors (Lipinski definition) is 5. The molecule has 12 aromatic rings. The number of furan rings is 2. The van der Waals surface area contributed by atoms with E-state index in [1.165, 1.54) is 10.8 Å². The molecule has 0 bridgehead atoms. The van der Waals surface area contributed by atoms with Crippen LogP contribution in [0.5, 0.6) is 0 Å². The van der Waals surface area contributed by atoms with Crippen LogP contribution in [-0.2, 0) is 0 Å². The highest BCUT2D eigenvalue weighted by molar-refractivity contribution is 6.21. The Hall–Kier alpha value is -7.57. The molecule has 0 saturated heterocycles. The van der Waals surface area contributed by atoms with Gasteiger partial charge in [0.15, 0.2) is 11.2 Å². The summed E-state index contributed by atoms with van der Waals surface area (Å²) in [6.07, 6.45) is 0. The molecule has 6 heteroatoms. The number of anilines is 3. The first-order valence-corrected chi connectivity index (χ1v) is 18.4. The van der Waals surface area contributed by atoms with E-state index in [9.17, 15) is 0 Å². The molecule has 0 aliphatic heterocycles. The van der Waals surface area contributed by atoms with Gasteiger partial charge in [0, 0.05) is 49.9 Å². The minimum Gasteiger partial charge on any atom is -0.456 e. The zero-order valence-electron chi connectivity index (χ0n) is 29.3. The first-order chi connectivity index (χ1) is 27.3. The predicted octanol–water partition coefficient (Wildman–Crippen LogP) is 13.9. The average Bonchev–Trinajstić information content (AvgIpc) is 4.02. The van der Waals surface area contributed by atoms with E-state index in [4.69, 9.17) is 18.2 Å². The molecule has 258 valence electrons. The van der Waals surface area contributed by atoms with Crippen LogP contribution in [0, 0.1) is 0 Å². The van der Waals surface area contributed by atoms with Crippen molar-refractivity contribution in [1.82, 2.24) is 9.55 Å². The molecular weight excluding hydrogens is 679 g/mol. The standard InChI is InChI=1S/C49H29N3O3/c1-3-13-30(14-4-1)49-50-39-29-42(48-46(47(39)55-49)38-19-9-12-22-44(38)54-48)51(33-24-26-37-36-18-8-11-21-43(36)53-45(37)28-33)32-23-25-35-34-17-7-10-20-40(34)52(41(35)27-32)31-15-5-2-6-16-31/h1-29H. The van der Waals surface area contributed by atoms with Crippen molar-refractivity contribution in [1.29, 1.82) is 0 Å². The van der Waals surface area contributed by atoms with Crippen molar-refractivity contribution >= 4 is 93.8 Å². The second-order valence-electron chi connectivity index (χ2n) is 13.9. The summed E-state index contributed by atoms with van der Waals surface area (Å²) in [7, 11) is 0. The monoisotopic (exact) mass is 707 g/mol. The van der Waals surface area contributed by atoms with Gasteiger partial charge in [-0.3, -0.25) is 0 Å². The topological polar surface area (TPSA) is 60.5 Å². The molecule has 0 atom stereocenters. The second kappa shape index (κ2) is 11.5. The Morgan fingerprint density at radius 3 is 1.87 bits per heavy atom. The lowest BCUT2D eigenvalue weighted by Gasteiger charge is -2.26. The molecule has 0 spiro atoms. The highest BCUT2D eigenvalue weighted by Crippen LogP contribution is 2.48. The van der Waals surface area contributed by atoms with Gasteiger partial charge in [-0.1, -0.05) is 97.1 Å². The van der Waals surface area contributed by atoms with Gasteiger partial charge in [0.2, 0.25) is 5.89 Å². The summed E-state index contributed by atoms with van der Waals surface area (Å²) in [5.41, 5.74) is 11.5. The number of hydrogen-bond donors (Lipinski definition) is 0. The van der Waals surface area contributed by atoms with Gasteiger partial charge in [0.1, 0.15) is 22.3 Å². The van der Waals surface area contributed by atoms with Gasteiger partial charge in [-0.05, 0) is 72.8 Å². The Balaban J connectivity index is 1.19. The molecule has 8 aromatic carbocycles. The molecule has 6 nitrogen and oxygen atoms in total. The number of oxazole rings is 1. The quantitative estimate of drug-likeness (QED) is 0.178. The second-order valence-corrected chi connectivity index (χ2v) is 13.9. The van der Waals surface area contributed by atoms with E-state index >= 15 is 0 Å². The normalized spacial score (nSPS) is 12.0. The van der Waals surface area contributed by atoms with Gasteiger partial charge in [-0.2, -0.15) is 0 Å². The van der Waals surface area contributed by atoms with Crippen LogP contribution in [0.4, 0.5) is 17.1 Å². The summed E-state index contributed by atoms with van der Waals surface area (Å²) in [4.78, 5) is 7.37.